The predicted octanol–water partition coefficient (Wildman–Crippen LogP) is 12.8. The minimum absolute atomic E-state index is 0.559. The Morgan fingerprint density at radius 3 is 1.22 bits per heavy atom. The van der Waals surface area contributed by atoms with Gasteiger partial charge in [0.1, 0.15) is 15.9 Å². The Labute approximate surface area is 372 Å². The molecular weight excluding hydrogens is 800 g/mol. The monoisotopic (exact) mass is 839 g/mol. The molecule has 2 heterocycles. The number of hydrogen-bond donors (Lipinski definition) is 1. The second-order valence-corrected chi connectivity index (χ2v) is 18.6. The third-order valence-corrected chi connectivity index (χ3v) is 15.0. The van der Waals surface area contributed by atoms with Crippen molar-refractivity contribution >= 4 is 45.1 Å². The number of rotatable bonds is 9. The maximum Gasteiger partial charge on any atom is 0.238 e. The van der Waals surface area contributed by atoms with Gasteiger partial charge in [-0.2, -0.15) is 0 Å². The van der Waals surface area contributed by atoms with Crippen LogP contribution in [0.1, 0.15) is 0 Å². The van der Waals surface area contributed by atoms with Crippen LogP contribution in [0.3, 0.4) is 0 Å². The molecule has 6 heteroatoms. The van der Waals surface area contributed by atoms with Crippen LogP contribution < -0.4 is 15.9 Å². The fourth-order valence-corrected chi connectivity index (χ4v) is 11.3. The van der Waals surface area contributed by atoms with Gasteiger partial charge in [-0.3, -0.25) is 0 Å². The second kappa shape index (κ2) is 16.7. The standard InChI is InChI=1S/C58H40N4OP/c63-64(47-20-9-3-10-21-47,48-22-11-4-12-23-48)49-38-36-46(37-39-49)58-61-56(44-18-7-2-8-19-44)60-57(62-58)45-34-30-41(31-35-45)40-28-32-42(33-29-40)50-25-15-26-52-54(50)51-24-13-14-27-53(51)59-55(52)43-16-5-1-6-17-43/h1-39,63H/q+1. The molecule has 0 bridgehead atoms. The van der Waals surface area contributed by atoms with E-state index in [9.17, 15) is 4.89 Å². The Balaban J connectivity index is 0.928. The van der Waals surface area contributed by atoms with Gasteiger partial charge in [0.2, 0.25) is 7.49 Å². The fourth-order valence-electron chi connectivity index (χ4n) is 8.63. The molecule has 11 aromatic rings. The fraction of sp³-hybridized carbons (Fsp3) is 0. The Morgan fingerprint density at radius 2 is 0.672 bits per heavy atom. The highest BCUT2D eigenvalue weighted by Gasteiger charge is 2.44. The molecule has 0 aliphatic carbocycles. The molecule has 0 saturated heterocycles. The molecule has 0 radical (unpaired) electrons. The first kappa shape index (κ1) is 38.9. The molecule has 2 aromatic heterocycles. The molecule has 0 spiro atoms. The summed E-state index contributed by atoms with van der Waals surface area (Å²) in [6.45, 7) is 0. The van der Waals surface area contributed by atoms with Crippen molar-refractivity contribution in [2.75, 3.05) is 0 Å². The average Bonchev–Trinajstić information content (AvgIpc) is 3.39. The molecule has 5 nitrogen and oxygen atoms in total. The summed E-state index contributed by atoms with van der Waals surface area (Å²) in [7, 11) is -2.89. The minimum Gasteiger partial charge on any atom is -0.247 e. The molecule has 0 unspecified atom stereocenters. The number of hydrogen-bond acceptors (Lipinski definition) is 5. The number of pyridine rings is 1. The lowest BCUT2D eigenvalue weighted by Gasteiger charge is -2.20. The van der Waals surface area contributed by atoms with Crippen LogP contribution in [0.5, 0.6) is 0 Å². The molecule has 302 valence electrons. The van der Waals surface area contributed by atoms with Gasteiger partial charge in [0.05, 0.1) is 11.2 Å². The van der Waals surface area contributed by atoms with Gasteiger partial charge in [-0.25, -0.2) is 24.8 Å². The SMILES string of the molecule is O[P+](c1ccccc1)(c1ccccc1)c1ccc(-c2nc(-c3ccccc3)nc(-c3ccc(-c4ccc(-c5cccc6c(-c7ccccc7)nc7ccccc7c56)cc4)cc3)n2)cc1. The first-order chi connectivity index (χ1) is 31.6. The Hall–Kier alpha value is -7.95. The van der Waals surface area contributed by atoms with E-state index >= 15 is 0 Å². The van der Waals surface area contributed by atoms with E-state index in [-0.39, 0.29) is 0 Å². The molecule has 0 aliphatic heterocycles. The first-order valence-corrected chi connectivity index (χ1v) is 23.1. The lowest BCUT2D eigenvalue weighted by atomic mass is 9.92. The smallest absolute Gasteiger partial charge is 0.238 e. The van der Waals surface area contributed by atoms with Gasteiger partial charge in [0.15, 0.2) is 17.5 Å². The van der Waals surface area contributed by atoms with Crippen molar-refractivity contribution in [2.24, 2.45) is 0 Å². The molecule has 0 aliphatic rings. The predicted molar refractivity (Wildman–Crippen MR) is 266 cm³/mol. The second-order valence-electron chi connectivity index (χ2n) is 15.8. The van der Waals surface area contributed by atoms with Crippen molar-refractivity contribution in [3.63, 3.8) is 0 Å². The maximum atomic E-state index is 12.5. The summed E-state index contributed by atoms with van der Waals surface area (Å²) in [4.78, 5) is 32.7. The highest BCUT2D eigenvalue weighted by molar-refractivity contribution is 7.91. The molecule has 0 atom stereocenters. The van der Waals surface area contributed by atoms with Gasteiger partial charge in [-0.1, -0.05) is 182 Å². The third kappa shape index (κ3) is 7.23. The van der Waals surface area contributed by atoms with Gasteiger partial charge >= 0.3 is 0 Å². The first-order valence-electron chi connectivity index (χ1n) is 21.3. The number of benzene rings is 9. The minimum atomic E-state index is -2.89. The Morgan fingerprint density at radius 1 is 0.281 bits per heavy atom. The summed E-state index contributed by atoms with van der Waals surface area (Å²) in [5.74, 6) is 1.74. The van der Waals surface area contributed by atoms with Crippen LogP contribution in [0.25, 0.3) is 89.4 Å². The van der Waals surface area contributed by atoms with E-state index in [4.69, 9.17) is 19.9 Å². The van der Waals surface area contributed by atoms with Crippen molar-refractivity contribution in [1.29, 1.82) is 0 Å². The molecule has 9 aromatic carbocycles. The van der Waals surface area contributed by atoms with Crippen LogP contribution in [0.4, 0.5) is 0 Å². The summed E-state index contributed by atoms with van der Waals surface area (Å²) in [6.07, 6.45) is 0. The highest BCUT2D eigenvalue weighted by Crippen LogP contribution is 2.51. The van der Waals surface area contributed by atoms with Crippen molar-refractivity contribution in [2.45, 2.75) is 0 Å². The normalized spacial score (nSPS) is 11.5. The van der Waals surface area contributed by atoms with Gasteiger partial charge in [-0.05, 0) is 76.9 Å². The van der Waals surface area contributed by atoms with Crippen molar-refractivity contribution in [3.8, 4) is 67.7 Å². The zero-order valence-electron chi connectivity index (χ0n) is 34.7. The van der Waals surface area contributed by atoms with E-state index in [1.54, 1.807) is 0 Å². The van der Waals surface area contributed by atoms with Crippen LogP contribution >= 0.6 is 7.49 Å². The van der Waals surface area contributed by atoms with Crippen LogP contribution in [-0.4, -0.2) is 24.8 Å². The zero-order valence-corrected chi connectivity index (χ0v) is 35.6. The number of aromatic nitrogens is 4. The van der Waals surface area contributed by atoms with Crippen molar-refractivity contribution < 1.29 is 4.89 Å². The van der Waals surface area contributed by atoms with Gasteiger partial charge in [-0.15, -0.1) is 0 Å². The molecule has 1 N–H and O–H groups in total. The maximum absolute atomic E-state index is 12.5. The van der Waals surface area contributed by atoms with E-state index in [0.29, 0.717) is 17.5 Å². The van der Waals surface area contributed by atoms with Gasteiger partial charge in [0, 0.05) is 38.4 Å². The molecule has 0 fully saturated rings. The molecule has 0 saturated carbocycles. The molecule has 11 rings (SSSR count). The third-order valence-electron chi connectivity index (χ3n) is 11.9. The average molecular weight is 840 g/mol. The van der Waals surface area contributed by atoms with E-state index in [1.165, 1.54) is 10.9 Å². The lowest BCUT2D eigenvalue weighted by Crippen LogP contribution is -2.30. The van der Waals surface area contributed by atoms with E-state index < -0.39 is 7.49 Å². The Kier molecular flexibility index (Phi) is 10.2. The molecule has 0 amide bonds. The Bertz CT molecular complexity index is 3360. The molecule has 64 heavy (non-hydrogen) atoms. The number of nitrogens with zero attached hydrogens (tertiary/aromatic N) is 4. The molecular formula is C58H40N4OP+. The highest BCUT2D eigenvalue weighted by atomic mass is 31.2. The summed E-state index contributed by atoms with van der Waals surface area (Å²) in [5, 5.41) is 6.13. The zero-order chi connectivity index (χ0) is 42.9. The van der Waals surface area contributed by atoms with Crippen LogP contribution in [0, 0.1) is 0 Å². The quantitative estimate of drug-likeness (QED) is 0.116. The number of para-hydroxylation sites is 1. The summed E-state index contributed by atoms with van der Waals surface area (Å²) >= 11 is 0. The van der Waals surface area contributed by atoms with Gasteiger partial charge < -0.3 is 0 Å². The summed E-state index contributed by atoms with van der Waals surface area (Å²) < 4.78 is 0. The van der Waals surface area contributed by atoms with E-state index in [1.807, 2.05) is 121 Å². The number of fused-ring (bicyclic) bond motifs is 3. The summed E-state index contributed by atoms with van der Waals surface area (Å²) in [5.41, 5.74) is 10.2. The largest absolute Gasteiger partial charge is 0.247 e. The van der Waals surface area contributed by atoms with Crippen LogP contribution in [0.2, 0.25) is 0 Å². The van der Waals surface area contributed by atoms with E-state index in [2.05, 4.69) is 115 Å². The van der Waals surface area contributed by atoms with Crippen LogP contribution in [0.15, 0.2) is 237 Å². The summed E-state index contributed by atoms with van der Waals surface area (Å²) in [6, 6.07) is 80.6. The van der Waals surface area contributed by atoms with E-state index in [0.717, 1.165) is 76.8 Å². The topological polar surface area (TPSA) is 71.8 Å². The van der Waals surface area contributed by atoms with Crippen molar-refractivity contribution in [1.82, 2.24) is 19.9 Å². The van der Waals surface area contributed by atoms with Gasteiger partial charge in [0.25, 0.3) is 0 Å². The van der Waals surface area contributed by atoms with Crippen LogP contribution in [-0.2, 0) is 0 Å². The lowest BCUT2D eigenvalue weighted by molar-refractivity contribution is 0.633. The van der Waals surface area contributed by atoms with Crippen molar-refractivity contribution in [3.05, 3.63) is 237 Å².